The fourth-order valence-electron chi connectivity index (χ4n) is 8.95. The first-order valence-electron chi connectivity index (χ1n) is 24.4. The first-order valence-corrected chi connectivity index (χ1v) is 25.9. The monoisotopic (exact) mass is 1000 g/mol. The van der Waals surface area contributed by atoms with E-state index in [0.29, 0.717) is 52.9 Å². The molecule has 384 valence electrons. The van der Waals surface area contributed by atoms with Gasteiger partial charge in [0, 0.05) is 35.5 Å². The van der Waals surface area contributed by atoms with E-state index in [4.69, 9.17) is 18.9 Å². The van der Waals surface area contributed by atoms with Crippen molar-refractivity contribution in [1.29, 1.82) is 0 Å². The number of carbonyl (C=O) groups excluding carboxylic acids is 3. The van der Waals surface area contributed by atoms with Gasteiger partial charge in [-0.3, -0.25) is 24.5 Å². The first-order chi connectivity index (χ1) is 33.8. The van der Waals surface area contributed by atoms with E-state index in [9.17, 15) is 27.2 Å². The van der Waals surface area contributed by atoms with Crippen molar-refractivity contribution in [3.05, 3.63) is 83.8 Å². The predicted molar refractivity (Wildman–Crippen MR) is 270 cm³/mol. The standard InChI is InChI=1S/C52H69FN8O9S/c1-32(54-8)48(62)58-46(51(2,3)4)50(64)61-30-33(26-43(61)49(63)57-39-15-11-13-34-12-9-10-14-36(34)39)31-69-23-22-67-20-21-68-24-25-70-44-29-42-37(28-45(44)71(65,66)52(5,6)7)40(18-19-55-42)56-47-38-27-35(53)16-17-41(38)59-60-47/h9-10,12,14,16-19,27-29,32-33,39,43,46,54H,11,13,15,20-26,30-31H2,1-8H3,(H,57,63)(H,58,62)(H2,55,56,59,60)/t32-,33?,39?,43-,46+/m0/s1. The number of hydrogen-bond donors (Lipinski definition) is 5. The summed E-state index contributed by atoms with van der Waals surface area (Å²) in [6.45, 7) is 14.2. The lowest BCUT2D eigenvalue weighted by molar-refractivity contribution is -0.144. The van der Waals surface area contributed by atoms with Gasteiger partial charge in [0.1, 0.15) is 35.2 Å². The van der Waals surface area contributed by atoms with Crippen LogP contribution in [0.4, 0.5) is 15.9 Å². The summed E-state index contributed by atoms with van der Waals surface area (Å²) in [6.07, 6.45) is 4.70. The Bertz CT molecular complexity index is 2790. The molecule has 7 rings (SSSR count). The number of benzene rings is 3. The number of hydrogen-bond acceptors (Lipinski definition) is 13. The number of nitrogens with zero attached hydrogens (tertiary/aromatic N) is 3. The Balaban J connectivity index is 0.900. The van der Waals surface area contributed by atoms with Crippen LogP contribution in [0.2, 0.25) is 0 Å². The van der Waals surface area contributed by atoms with E-state index in [1.807, 2.05) is 32.9 Å². The number of carbonyl (C=O) groups is 3. The van der Waals surface area contributed by atoms with Crippen molar-refractivity contribution in [3.8, 4) is 5.75 Å². The number of H-pyrrole nitrogens is 1. The van der Waals surface area contributed by atoms with E-state index in [1.165, 1.54) is 17.7 Å². The number of ether oxygens (including phenoxy) is 4. The number of aromatic amines is 1. The van der Waals surface area contributed by atoms with Crippen molar-refractivity contribution >= 4 is 60.9 Å². The number of likely N-dealkylation sites (N-methyl/N-ethyl adjacent to an activating group) is 1. The highest BCUT2D eigenvalue weighted by molar-refractivity contribution is 7.92. The van der Waals surface area contributed by atoms with Gasteiger partial charge >= 0.3 is 0 Å². The zero-order valence-corrected chi connectivity index (χ0v) is 42.8. The molecule has 3 heterocycles. The van der Waals surface area contributed by atoms with Gasteiger partial charge in [-0.2, -0.15) is 5.10 Å². The number of fused-ring (bicyclic) bond motifs is 3. The predicted octanol–water partition coefficient (Wildman–Crippen LogP) is 6.54. The molecule has 71 heavy (non-hydrogen) atoms. The fraction of sp³-hybridized carbons (Fsp3) is 0.519. The molecule has 3 aromatic carbocycles. The van der Waals surface area contributed by atoms with Crippen molar-refractivity contribution in [1.82, 2.24) is 36.0 Å². The van der Waals surface area contributed by atoms with E-state index >= 15 is 0 Å². The summed E-state index contributed by atoms with van der Waals surface area (Å²) < 4.78 is 64.5. The molecular weight excluding hydrogens is 932 g/mol. The number of nitrogens with one attached hydrogen (secondary N) is 5. The van der Waals surface area contributed by atoms with Crippen LogP contribution in [0.15, 0.2) is 71.8 Å². The SMILES string of the molecule is CN[C@@H](C)C(=O)N[C@H](C(=O)N1CC(COCCOCCOCCOc2cc3nccc(Nc4n[nH]c5ccc(F)cc45)c3cc2S(=O)(=O)C(C)(C)C)C[C@H]1C(=O)NC1CCCc2ccccc21)C(C)(C)C. The maximum atomic E-state index is 14.4. The minimum Gasteiger partial charge on any atom is -0.490 e. The van der Waals surface area contributed by atoms with Gasteiger partial charge in [0.15, 0.2) is 15.7 Å². The Morgan fingerprint density at radius 2 is 1.63 bits per heavy atom. The van der Waals surface area contributed by atoms with Gasteiger partial charge in [0.05, 0.1) is 73.2 Å². The second-order valence-corrected chi connectivity index (χ2v) is 23.1. The second kappa shape index (κ2) is 22.8. The number of pyridine rings is 1. The first kappa shape index (κ1) is 53.1. The van der Waals surface area contributed by atoms with Gasteiger partial charge in [0.2, 0.25) is 17.7 Å². The number of halogens is 1. The summed E-state index contributed by atoms with van der Waals surface area (Å²) in [5.74, 6) is -0.857. The molecule has 17 nitrogen and oxygen atoms in total. The van der Waals surface area contributed by atoms with Crippen LogP contribution in [-0.2, 0) is 44.9 Å². The summed E-state index contributed by atoms with van der Waals surface area (Å²) in [4.78, 5) is 47.7. The molecule has 2 aromatic heterocycles. The smallest absolute Gasteiger partial charge is 0.246 e. The third kappa shape index (κ3) is 12.7. The molecule has 19 heteroatoms. The highest BCUT2D eigenvalue weighted by atomic mass is 32.2. The average Bonchev–Trinajstić information content (AvgIpc) is 3.95. The molecule has 3 amide bonds. The molecule has 0 radical (unpaired) electrons. The van der Waals surface area contributed by atoms with Crippen molar-refractivity contribution in [2.45, 2.75) is 108 Å². The van der Waals surface area contributed by atoms with Crippen LogP contribution in [-0.4, -0.2) is 129 Å². The summed E-state index contributed by atoms with van der Waals surface area (Å²) in [6, 6.07) is 15.0. The van der Waals surface area contributed by atoms with Crippen molar-refractivity contribution in [2.75, 3.05) is 65.2 Å². The number of aromatic nitrogens is 3. The lowest BCUT2D eigenvalue weighted by Gasteiger charge is -2.36. The molecule has 1 saturated heterocycles. The van der Waals surface area contributed by atoms with E-state index in [2.05, 4.69) is 48.6 Å². The zero-order chi connectivity index (χ0) is 51.1. The van der Waals surface area contributed by atoms with Gasteiger partial charge in [-0.1, -0.05) is 45.0 Å². The van der Waals surface area contributed by atoms with E-state index in [1.54, 1.807) is 70.1 Å². The lowest BCUT2D eigenvalue weighted by Crippen LogP contribution is -2.59. The molecule has 2 unspecified atom stereocenters. The Labute approximate surface area is 415 Å². The van der Waals surface area contributed by atoms with Crippen LogP contribution >= 0.6 is 0 Å². The van der Waals surface area contributed by atoms with Crippen LogP contribution in [0.25, 0.3) is 21.8 Å². The molecule has 5 atom stereocenters. The normalized spacial score (nSPS) is 18.3. The van der Waals surface area contributed by atoms with Crippen molar-refractivity contribution in [3.63, 3.8) is 0 Å². The largest absolute Gasteiger partial charge is 0.490 e. The third-order valence-electron chi connectivity index (χ3n) is 13.1. The van der Waals surface area contributed by atoms with Crippen LogP contribution in [0, 0.1) is 17.2 Å². The molecule has 5 N–H and O–H groups in total. The number of amides is 3. The summed E-state index contributed by atoms with van der Waals surface area (Å²) in [7, 11) is -2.22. The molecule has 1 fully saturated rings. The van der Waals surface area contributed by atoms with Gasteiger partial charge < -0.3 is 45.1 Å². The van der Waals surface area contributed by atoms with Crippen LogP contribution in [0.3, 0.4) is 0 Å². The fourth-order valence-corrected chi connectivity index (χ4v) is 10.3. The molecular formula is C52H69FN8O9S. The molecule has 0 saturated carbocycles. The minimum atomic E-state index is -3.91. The molecule has 1 aliphatic carbocycles. The quantitative estimate of drug-likeness (QED) is 0.0495. The zero-order valence-electron chi connectivity index (χ0n) is 42.0. The molecule has 0 bridgehead atoms. The van der Waals surface area contributed by atoms with Crippen LogP contribution < -0.4 is 26.0 Å². The maximum absolute atomic E-state index is 14.4. The summed E-state index contributed by atoms with van der Waals surface area (Å²) in [5.41, 5.74) is 3.33. The molecule has 0 spiro atoms. The number of anilines is 2. The third-order valence-corrected chi connectivity index (χ3v) is 15.7. The van der Waals surface area contributed by atoms with E-state index in [0.717, 1.165) is 24.8 Å². The number of aryl methyl sites for hydroxylation is 1. The Kier molecular flexibility index (Phi) is 17.0. The Morgan fingerprint density at radius 1 is 0.915 bits per heavy atom. The van der Waals surface area contributed by atoms with Crippen molar-refractivity contribution < 1.29 is 46.1 Å². The van der Waals surface area contributed by atoms with Gasteiger partial charge in [-0.25, -0.2) is 12.8 Å². The summed E-state index contributed by atoms with van der Waals surface area (Å²) >= 11 is 0. The Morgan fingerprint density at radius 3 is 2.35 bits per heavy atom. The van der Waals surface area contributed by atoms with E-state index in [-0.39, 0.29) is 80.0 Å². The Hall–Kier alpha value is -5.73. The topological polar surface area (TPSA) is 215 Å². The number of likely N-dealkylation sites (tertiary alicyclic amines) is 1. The van der Waals surface area contributed by atoms with E-state index < -0.39 is 43.9 Å². The molecule has 1 aliphatic heterocycles. The molecule has 5 aromatic rings. The lowest BCUT2D eigenvalue weighted by atomic mass is 9.85. The summed E-state index contributed by atoms with van der Waals surface area (Å²) in [5, 5.41) is 20.6. The average molecular weight is 1000 g/mol. The van der Waals surface area contributed by atoms with Crippen LogP contribution in [0.5, 0.6) is 5.75 Å². The number of rotatable bonds is 21. The van der Waals surface area contributed by atoms with Crippen molar-refractivity contribution in [2.24, 2.45) is 11.3 Å². The maximum Gasteiger partial charge on any atom is 0.246 e. The highest BCUT2D eigenvalue weighted by Crippen LogP contribution is 2.39. The highest BCUT2D eigenvalue weighted by Gasteiger charge is 2.45. The van der Waals surface area contributed by atoms with Gasteiger partial charge in [-0.15, -0.1) is 0 Å². The minimum absolute atomic E-state index is 0.00597. The second-order valence-electron chi connectivity index (χ2n) is 20.4. The van der Waals surface area contributed by atoms with Gasteiger partial charge in [0.25, 0.3) is 0 Å². The number of sulfone groups is 1. The van der Waals surface area contributed by atoms with Crippen LogP contribution in [0.1, 0.15) is 84.9 Å². The van der Waals surface area contributed by atoms with Gasteiger partial charge in [-0.05, 0) is 107 Å². The molecule has 2 aliphatic rings.